The summed E-state index contributed by atoms with van der Waals surface area (Å²) in [5.41, 5.74) is 2.84. The summed E-state index contributed by atoms with van der Waals surface area (Å²) in [6.07, 6.45) is 5.94. The molecule has 2 N–H and O–H groups in total. The molecular formula is C21H25N9O2. The van der Waals surface area contributed by atoms with Gasteiger partial charge in [-0.15, -0.1) is 5.10 Å². The first-order valence-corrected chi connectivity index (χ1v) is 10.7. The minimum Gasteiger partial charge on any atom is -0.494 e. The van der Waals surface area contributed by atoms with Crippen LogP contribution >= 0.6 is 0 Å². The Morgan fingerprint density at radius 3 is 2.84 bits per heavy atom. The van der Waals surface area contributed by atoms with Crippen LogP contribution in [0.3, 0.4) is 0 Å². The summed E-state index contributed by atoms with van der Waals surface area (Å²) >= 11 is 0. The van der Waals surface area contributed by atoms with E-state index in [4.69, 9.17) is 4.74 Å². The first kappa shape index (κ1) is 20.3. The van der Waals surface area contributed by atoms with Crippen molar-refractivity contribution in [2.45, 2.75) is 26.0 Å². The van der Waals surface area contributed by atoms with Crippen molar-refractivity contribution >= 4 is 22.8 Å². The van der Waals surface area contributed by atoms with Crippen molar-refractivity contribution in [1.82, 2.24) is 39.6 Å². The van der Waals surface area contributed by atoms with Crippen LogP contribution in [-0.2, 0) is 6.54 Å². The lowest BCUT2D eigenvalue weighted by molar-refractivity contribution is 0.174. The molecule has 1 saturated heterocycles. The number of nitrogens with zero attached hydrogens (tertiary/aromatic N) is 8. The van der Waals surface area contributed by atoms with Crippen LogP contribution in [0.2, 0.25) is 0 Å². The van der Waals surface area contributed by atoms with E-state index in [0.29, 0.717) is 23.7 Å². The van der Waals surface area contributed by atoms with E-state index in [1.54, 1.807) is 17.1 Å². The number of hydrogen-bond donors (Lipinski definition) is 2. The molecule has 11 heteroatoms. The molecule has 0 radical (unpaired) electrons. The molecule has 4 heterocycles. The number of nitrogens with one attached hydrogen (secondary N) is 1. The van der Waals surface area contributed by atoms with Gasteiger partial charge >= 0.3 is 0 Å². The number of anilines is 2. The number of benzene rings is 1. The Morgan fingerprint density at radius 2 is 2.06 bits per heavy atom. The van der Waals surface area contributed by atoms with Gasteiger partial charge in [-0.3, -0.25) is 9.58 Å². The molecule has 1 unspecified atom stereocenters. The Balaban J connectivity index is 1.29. The molecule has 1 aliphatic heterocycles. The number of fused-ring (bicyclic) bond motifs is 1. The average molecular weight is 435 g/mol. The fourth-order valence-electron chi connectivity index (χ4n) is 3.75. The second-order valence-corrected chi connectivity index (χ2v) is 7.69. The number of rotatable bonds is 8. The normalized spacial score (nSPS) is 16.6. The van der Waals surface area contributed by atoms with E-state index in [1.165, 1.54) is 0 Å². The highest BCUT2D eigenvalue weighted by atomic mass is 16.5. The summed E-state index contributed by atoms with van der Waals surface area (Å²) in [7, 11) is 0. The molecule has 0 bridgehead atoms. The van der Waals surface area contributed by atoms with Crippen LogP contribution in [0.4, 0.5) is 11.6 Å². The molecule has 11 nitrogen and oxygen atoms in total. The van der Waals surface area contributed by atoms with E-state index in [-0.39, 0.29) is 6.10 Å². The Bertz CT molecular complexity index is 1190. The molecule has 3 aromatic heterocycles. The number of likely N-dealkylation sites (tertiary alicyclic amines) is 1. The molecule has 1 atom stereocenters. The molecular weight excluding hydrogens is 410 g/mol. The van der Waals surface area contributed by atoms with E-state index >= 15 is 0 Å². The van der Waals surface area contributed by atoms with Gasteiger partial charge < -0.3 is 15.2 Å². The lowest BCUT2D eigenvalue weighted by atomic mass is 10.3. The third-order valence-corrected chi connectivity index (χ3v) is 5.37. The molecule has 1 fully saturated rings. The molecule has 0 spiro atoms. The zero-order valence-electron chi connectivity index (χ0n) is 17.8. The summed E-state index contributed by atoms with van der Waals surface area (Å²) in [6, 6.07) is 7.61. The van der Waals surface area contributed by atoms with Gasteiger partial charge in [0.15, 0.2) is 11.2 Å². The maximum atomic E-state index is 9.65. The van der Waals surface area contributed by atoms with Crippen LogP contribution in [0.1, 0.15) is 13.3 Å². The lowest BCUT2D eigenvalue weighted by Gasteiger charge is -2.14. The van der Waals surface area contributed by atoms with Gasteiger partial charge in [-0.1, -0.05) is 5.21 Å². The highest BCUT2D eigenvalue weighted by Gasteiger charge is 2.19. The van der Waals surface area contributed by atoms with E-state index in [1.807, 2.05) is 42.1 Å². The largest absolute Gasteiger partial charge is 0.494 e. The minimum atomic E-state index is -0.206. The van der Waals surface area contributed by atoms with E-state index in [2.05, 4.69) is 35.6 Å². The van der Waals surface area contributed by atoms with Gasteiger partial charge in [0.2, 0.25) is 5.95 Å². The average Bonchev–Trinajstić information content (AvgIpc) is 3.53. The summed E-state index contributed by atoms with van der Waals surface area (Å²) in [6.45, 7) is 5.84. The van der Waals surface area contributed by atoms with Gasteiger partial charge in [0.05, 0.1) is 43.0 Å². The zero-order valence-corrected chi connectivity index (χ0v) is 17.8. The smallest absolute Gasteiger partial charge is 0.229 e. The van der Waals surface area contributed by atoms with Crippen molar-refractivity contribution in [3.63, 3.8) is 0 Å². The fraction of sp³-hybridized carbons (Fsp3) is 0.381. The second-order valence-electron chi connectivity index (χ2n) is 7.69. The van der Waals surface area contributed by atoms with Crippen LogP contribution in [0, 0.1) is 0 Å². The van der Waals surface area contributed by atoms with Gasteiger partial charge in [-0.05, 0) is 37.6 Å². The van der Waals surface area contributed by atoms with Gasteiger partial charge in [-0.2, -0.15) is 14.8 Å². The van der Waals surface area contributed by atoms with Gasteiger partial charge in [-0.25, -0.2) is 4.98 Å². The quantitative estimate of drug-likeness (QED) is 0.425. The Labute approximate surface area is 184 Å². The first-order chi connectivity index (χ1) is 15.7. The number of aliphatic hydroxyl groups is 1. The van der Waals surface area contributed by atoms with Crippen molar-refractivity contribution in [2.75, 3.05) is 31.6 Å². The predicted molar refractivity (Wildman–Crippen MR) is 118 cm³/mol. The fourth-order valence-corrected chi connectivity index (χ4v) is 3.75. The molecule has 166 valence electrons. The van der Waals surface area contributed by atoms with Gasteiger partial charge in [0.1, 0.15) is 5.75 Å². The van der Waals surface area contributed by atoms with E-state index in [9.17, 15) is 5.11 Å². The monoisotopic (exact) mass is 435 g/mol. The topological polar surface area (TPSA) is 119 Å². The van der Waals surface area contributed by atoms with Crippen LogP contribution in [0.15, 0.2) is 42.9 Å². The number of hydrogen-bond acceptors (Lipinski definition) is 9. The SMILES string of the molecule is CCOc1ccc(-n2nnc3cnc(Nc4cnn(CCN5CCC(O)C5)c4)nc32)cc1. The predicted octanol–water partition coefficient (Wildman–Crippen LogP) is 1.62. The number of ether oxygens (including phenoxy) is 1. The highest BCUT2D eigenvalue weighted by molar-refractivity contribution is 5.72. The van der Waals surface area contributed by atoms with Crippen molar-refractivity contribution in [2.24, 2.45) is 0 Å². The van der Waals surface area contributed by atoms with Crippen LogP contribution in [-0.4, -0.2) is 77.1 Å². The number of β-amino-alcohol motifs (C(OH)–C–C–N with tert-alkyl or cyclic N) is 1. The third-order valence-electron chi connectivity index (χ3n) is 5.37. The van der Waals surface area contributed by atoms with Crippen molar-refractivity contribution in [3.05, 3.63) is 42.9 Å². The van der Waals surface area contributed by atoms with Crippen molar-refractivity contribution < 1.29 is 9.84 Å². The highest BCUT2D eigenvalue weighted by Crippen LogP contribution is 2.20. The number of aliphatic hydroxyl groups excluding tert-OH is 1. The second kappa shape index (κ2) is 8.89. The molecule has 1 aliphatic rings. The molecule has 0 amide bonds. The summed E-state index contributed by atoms with van der Waals surface area (Å²) in [5, 5.41) is 25.6. The van der Waals surface area contributed by atoms with Crippen LogP contribution in [0.25, 0.3) is 16.9 Å². The minimum absolute atomic E-state index is 0.206. The maximum Gasteiger partial charge on any atom is 0.229 e. The maximum absolute atomic E-state index is 9.65. The van der Waals surface area contributed by atoms with Crippen molar-refractivity contribution in [1.29, 1.82) is 0 Å². The molecule has 32 heavy (non-hydrogen) atoms. The van der Waals surface area contributed by atoms with E-state index in [0.717, 1.165) is 49.7 Å². The molecule has 4 aromatic rings. The summed E-state index contributed by atoms with van der Waals surface area (Å²) < 4.78 is 9.05. The third kappa shape index (κ3) is 4.39. The lowest BCUT2D eigenvalue weighted by Crippen LogP contribution is -2.26. The van der Waals surface area contributed by atoms with Crippen LogP contribution < -0.4 is 10.1 Å². The molecule has 5 rings (SSSR count). The van der Waals surface area contributed by atoms with Gasteiger partial charge in [0, 0.05) is 25.8 Å². The Hall–Kier alpha value is -3.57. The van der Waals surface area contributed by atoms with Crippen molar-refractivity contribution in [3.8, 4) is 11.4 Å². The Morgan fingerprint density at radius 1 is 1.19 bits per heavy atom. The van der Waals surface area contributed by atoms with Gasteiger partial charge in [0.25, 0.3) is 0 Å². The summed E-state index contributed by atoms with van der Waals surface area (Å²) in [4.78, 5) is 11.2. The first-order valence-electron chi connectivity index (χ1n) is 10.7. The van der Waals surface area contributed by atoms with Crippen LogP contribution in [0.5, 0.6) is 5.75 Å². The number of aromatic nitrogens is 7. The molecule has 0 saturated carbocycles. The zero-order chi connectivity index (χ0) is 21.9. The molecule has 1 aromatic carbocycles. The molecule has 0 aliphatic carbocycles. The summed E-state index contributed by atoms with van der Waals surface area (Å²) in [5.74, 6) is 1.24. The standard InChI is InChI=1S/C21H25N9O2/c1-2-32-18-5-3-16(4-6-18)30-20-19(26-27-30)12-22-21(25-20)24-15-11-23-29(13-15)10-9-28-8-7-17(31)14-28/h3-6,11-13,17,31H,2,7-10,14H2,1H3,(H,22,24,25). The Kier molecular flexibility index (Phi) is 5.65. The van der Waals surface area contributed by atoms with E-state index < -0.39 is 0 Å².